The van der Waals surface area contributed by atoms with Crippen molar-refractivity contribution in [3.05, 3.63) is 59.2 Å². The van der Waals surface area contributed by atoms with E-state index in [0.717, 1.165) is 6.42 Å². The van der Waals surface area contributed by atoms with Gasteiger partial charge in [-0.1, -0.05) is 6.92 Å². The van der Waals surface area contributed by atoms with Crippen LogP contribution >= 0.6 is 0 Å². The fourth-order valence-electron chi connectivity index (χ4n) is 3.75. The van der Waals surface area contributed by atoms with Crippen LogP contribution in [0, 0.1) is 0 Å². The molecule has 3 rings (SSSR count). The highest BCUT2D eigenvalue weighted by Gasteiger charge is 2.46. The van der Waals surface area contributed by atoms with Crippen molar-refractivity contribution in [3.8, 4) is 17.2 Å². The maximum atomic E-state index is 13.1. The van der Waals surface area contributed by atoms with E-state index in [-0.39, 0.29) is 24.5 Å². The van der Waals surface area contributed by atoms with Gasteiger partial charge in [-0.05, 0) is 42.8 Å². The number of rotatable bonds is 10. The van der Waals surface area contributed by atoms with E-state index in [0.29, 0.717) is 35.0 Å². The molecular weight excluding hydrogens is 426 g/mol. The first-order valence-electron chi connectivity index (χ1n) is 10.7. The van der Waals surface area contributed by atoms with Gasteiger partial charge in [0.15, 0.2) is 0 Å². The summed E-state index contributed by atoms with van der Waals surface area (Å²) in [6.07, 6.45) is 0.871. The number of ketones is 1. The normalized spacial score (nSPS) is 17.3. The van der Waals surface area contributed by atoms with E-state index in [4.69, 9.17) is 18.9 Å². The standard InChI is InChI=1S/C25H29NO7/c1-5-13-33-17-8-6-16(7-9-17)23(27)21-22(26(12-14-30-2)25(29)24(21)28)19-11-10-18(31-3)15-20(19)32-4/h6-11,15,22,27H,5,12-14H2,1-4H3/b23-21+. The Kier molecular flexibility index (Phi) is 7.95. The molecule has 1 saturated heterocycles. The van der Waals surface area contributed by atoms with E-state index >= 15 is 0 Å². The third-order valence-electron chi connectivity index (χ3n) is 5.41. The molecule has 1 atom stereocenters. The Hall–Kier alpha value is -3.52. The first-order valence-corrected chi connectivity index (χ1v) is 10.7. The Morgan fingerprint density at radius 1 is 0.970 bits per heavy atom. The smallest absolute Gasteiger partial charge is 0.295 e. The van der Waals surface area contributed by atoms with E-state index in [1.54, 1.807) is 42.5 Å². The second-order valence-electron chi connectivity index (χ2n) is 7.47. The molecule has 8 heteroatoms. The fourth-order valence-corrected chi connectivity index (χ4v) is 3.75. The number of nitrogens with zero attached hydrogens (tertiary/aromatic N) is 1. The van der Waals surface area contributed by atoms with Gasteiger partial charge in [0.05, 0.1) is 39.0 Å². The van der Waals surface area contributed by atoms with E-state index < -0.39 is 17.7 Å². The minimum atomic E-state index is -0.850. The summed E-state index contributed by atoms with van der Waals surface area (Å²) in [5, 5.41) is 11.2. The number of hydrogen-bond donors (Lipinski definition) is 1. The highest BCUT2D eigenvalue weighted by atomic mass is 16.5. The van der Waals surface area contributed by atoms with Crippen LogP contribution in [0.2, 0.25) is 0 Å². The van der Waals surface area contributed by atoms with E-state index in [1.165, 1.54) is 26.2 Å². The summed E-state index contributed by atoms with van der Waals surface area (Å²) in [5.74, 6) is -0.0948. The van der Waals surface area contributed by atoms with Gasteiger partial charge in [0.25, 0.3) is 11.7 Å². The van der Waals surface area contributed by atoms with Crippen LogP contribution in [0.15, 0.2) is 48.0 Å². The van der Waals surface area contributed by atoms with Gasteiger partial charge in [0, 0.05) is 30.8 Å². The molecule has 1 fully saturated rings. The Morgan fingerprint density at radius 3 is 2.27 bits per heavy atom. The van der Waals surface area contributed by atoms with Crippen molar-refractivity contribution in [2.45, 2.75) is 19.4 Å². The molecule has 1 heterocycles. The highest BCUT2D eigenvalue weighted by molar-refractivity contribution is 6.46. The summed E-state index contributed by atoms with van der Waals surface area (Å²) in [6.45, 7) is 2.98. The number of carbonyl (C=O) groups excluding carboxylic acids is 2. The van der Waals surface area contributed by atoms with Crippen molar-refractivity contribution in [2.75, 3.05) is 41.1 Å². The van der Waals surface area contributed by atoms with Crippen LogP contribution in [0.1, 0.15) is 30.5 Å². The number of amides is 1. The number of aliphatic hydroxyl groups excluding tert-OH is 1. The quantitative estimate of drug-likeness (QED) is 0.333. The topological polar surface area (TPSA) is 94.5 Å². The number of carbonyl (C=O) groups is 2. The Bertz CT molecular complexity index is 1030. The summed E-state index contributed by atoms with van der Waals surface area (Å²) in [5.41, 5.74) is 0.945. The van der Waals surface area contributed by atoms with Crippen molar-refractivity contribution < 1.29 is 33.6 Å². The number of aliphatic hydroxyl groups is 1. The SMILES string of the molecule is CCCOc1ccc(/C(O)=C2\C(=O)C(=O)N(CCOC)C2c2ccc(OC)cc2OC)cc1. The van der Waals surface area contributed by atoms with Crippen molar-refractivity contribution in [1.29, 1.82) is 0 Å². The van der Waals surface area contributed by atoms with E-state index in [1.807, 2.05) is 6.92 Å². The van der Waals surface area contributed by atoms with Crippen LogP contribution in [0.25, 0.3) is 5.76 Å². The minimum absolute atomic E-state index is 0.0122. The molecule has 176 valence electrons. The summed E-state index contributed by atoms with van der Waals surface area (Å²) >= 11 is 0. The van der Waals surface area contributed by atoms with Crippen molar-refractivity contribution >= 4 is 17.4 Å². The first kappa shape index (κ1) is 24.1. The molecular formula is C25H29NO7. The fraction of sp³-hybridized carbons (Fsp3) is 0.360. The van der Waals surface area contributed by atoms with Crippen LogP contribution in [0.3, 0.4) is 0 Å². The predicted molar refractivity (Wildman–Crippen MR) is 123 cm³/mol. The van der Waals surface area contributed by atoms with Gasteiger partial charge < -0.3 is 29.0 Å². The summed E-state index contributed by atoms with van der Waals surface area (Å²) in [4.78, 5) is 27.4. The van der Waals surface area contributed by atoms with Gasteiger partial charge in [-0.2, -0.15) is 0 Å². The van der Waals surface area contributed by atoms with E-state index in [2.05, 4.69) is 0 Å². The summed E-state index contributed by atoms with van der Waals surface area (Å²) in [6, 6.07) is 11.0. The average Bonchev–Trinajstić information content (AvgIpc) is 3.10. The van der Waals surface area contributed by atoms with Crippen LogP contribution in [-0.2, 0) is 14.3 Å². The van der Waals surface area contributed by atoms with E-state index in [9.17, 15) is 14.7 Å². The number of ether oxygens (including phenoxy) is 4. The summed E-state index contributed by atoms with van der Waals surface area (Å²) < 4.78 is 21.5. The van der Waals surface area contributed by atoms with Crippen molar-refractivity contribution in [3.63, 3.8) is 0 Å². The lowest BCUT2D eigenvalue weighted by molar-refractivity contribution is -0.140. The zero-order valence-corrected chi connectivity index (χ0v) is 19.3. The van der Waals surface area contributed by atoms with Gasteiger partial charge in [-0.3, -0.25) is 9.59 Å². The molecule has 1 unspecified atom stereocenters. The summed E-state index contributed by atoms with van der Waals surface area (Å²) in [7, 11) is 4.55. The molecule has 2 aromatic carbocycles. The molecule has 1 aliphatic rings. The maximum Gasteiger partial charge on any atom is 0.295 e. The Morgan fingerprint density at radius 2 is 1.67 bits per heavy atom. The highest BCUT2D eigenvalue weighted by Crippen LogP contribution is 2.43. The van der Waals surface area contributed by atoms with Gasteiger partial charge >= 0.3 is 0 Å². The zero-order valence-electron chi connectivity index (χ0n) is 19.3. The second kappa shape index (κ2) is 10.9. The zero-order chi connectivity index (χ0) is 24.0. The third-order valence-corrected chi connectivity index (χ3v) is 5.41. The van der Waals surface area contributed by atoms with Gasteiger partial charge in [-0.25, -0.2) is 0 Å². The van der Waals surface area contributed by atoms with Gasteiger partial charge in [0.2, 0.25) is 0 Å². The minimum Gasteiger partial charge on any atom is -0.507 e. The number of methoxy groups -OCH3 is 3. The van der Waals surface area contributed by atoms with Crippen LogP contribution < -0.4 is 14.2 Å². The molecule has 1 N–H and O–H groups in total. The number of Topliss-reactive ketones (excluding diaryl/α,β-unsaturated/α-hetero) is 1. The number of likely N-dealkylation sites (tertiary alicyclic amines) is 1. The molecule has 8 nitrogen and oxygen atoms in total. The van der Waals surface area contributed by atoms with Crippen molar-refractivity contribution in [2.24, 2.45) is 0 Å². The second-order valence-corrected chi connectivity index (χ2v) is 7.47. The predicted octanol–water partition coefficient (Wildman–Crippen LogP) is 3.56. The first-order chi connectivity index (χ1) is 16.0. The number of benzene rings is 2. The molecule has 0 aliphatic carbocycles. The molecule has 33 heavy (non-hydrogen) atoms. The average molecular weight is 456 g/mol. The Labute approximate surface area is 193 Å². The largest absolute Gasteiger partial charge is 0.507 e. The number of hydrogen-bond acceptors (Lipinski definition) is 7. The molecule has 0 radical (unpaired) electrons. The maximum absolute atomic E-state index is 13.1. The molecule has 2 aromatic rings. The lowest BCUT2D eigenvalue weighted by Crippen LogP contribution is -2.32. The molecule has 1 amide bonds. The molecule has 0 spiro atoms. The van der Waals surface area contributed by atoms with Crippen LogP contribution in [0.4, 0.5) is 0 Å². The van der Waals surface area contributed by atoms with Gasteiger partial charge in [-0.15, -0.1) is 0 Å². The molecule has 0 aromatic heterocycles. The molecule has 0 saturated carbocycles. The van der Waals surface area contributed by atoms with Crippen molar-refractivity contribution in [1.82, 2.24) is 4.90 Å². The monoisotopic (exact) mass is 455 g/mol. The molecule has 0 bridgehead atoms. The Balaban J connectivity index is 2.13. The lowest BCUT2D eigenvalue weighted by Gasteiger charge is -2.26. The van der Waals surface area contributed by atoms with Gasteiger partial charge in [0.1, 0.15) is 23.0 Å². The lowest BCUT2D eigenvalue weighted by atomic mass is 9.94. The molecule has 1 aliphatic heterocycles. The van der Waals surface area contributed by atoms with Crippen LogP contribution in [0.5, 0.6) is 17.2 Å². The third kappa shape index (κ3) is 4.96. The van der Waals surface area contributed by atoms with Crippen LogP contribution in [-0.4, -0.2) is 62.8 Å².